The molecule has 0 atom stereocenters. The summed E-state index contributed by atoms with van der Waals surface area (Å²) in [7, 11) is 0. The molecular formula is C20H20Cl2N2O2S. The molecule has 0 saturated carbocycles. The second-order valence-electron chi connectivity index (χ2n) is 6.32. The maximum atomic E-state index is 12.1. The maximum absolute atomic E-state index is 12.1. The molecule has 0 bridgehead atoms. The predicted molar refractivity (Wildman–Crippen MR) is 114 cm³/mol. The van der Waals surface area contributed by atoms with Gasteiger partial charge in [-0.1, -0.05) is 41.5 Å². The Morgan fingerprint density at radius 2 is 1.78 bits per heavy atom. The topological polar surface area (TPSA) is 41.6 Å². The van der Waals surface area contributed by atoms with Gasteiger partial charge in [-0.15, -0.1) is 0 Å². The number of nitrogens with zero attached hydrogens (tertiary/aromatic N) is 1. The Hall–Kier alpha value is -1.82. The molecule has 1 aliphatic heterocycles. The van der Waals surface area contributed by atoms with Crippen molar-refractivity contribution in [3.63, 3.8) is 0 Å². The van der Waals surface area contributed by atoms with Crippen LogP contribution in [0.1, 0.15) is 24.8 Å². The summed E-state index contributed by atoms with van der Waals surface area (Å²) >= 11 is 17.6. The van der Waals surface area contributed by atoms with Gasteiger partial charge in [0.05, 0.1) is 15.7 Å². The Bertz CT molecular complexity index is 821. The van der Waals surface area contributed by atoms with E-state index in [0.29, 0.717) is 21.5 Å². The van der Waals surface area contributed by atoms with Crippen LogP contribution in [0, 0.1) is 0 Å². The smallest absolute Gasteiger partial charge is 0.262 e. The number of halogens is 2. The highest BCUT2D eigenvalue weighted by Crippen LogP contribution is 2.29. The minimum absolute atomic E-state index is 0.126. The number of hydrogen-bond donors (Lipinski definition) is 1. The van der Waals surface area contributed by atoms with Crippen LogP contribution in [0.5, 0.6) is 5.75 Å². The fraction of sp³-hybridized carbons (Fsp3) is 0.300. The lowest BCUT2D eigenvalue weighted by atomic mass is 10.1. The first kappa shape index (κ1) is 19.9. The molecule has 0 radical (unpaired) electrons. The van der Waals surface area contributed by atoms with Crippen LogP contribution >= 0.6 is 35.4 Å². The van der Waals surface area contributed by atoms with Crippen LogP contribution in [0.4, 0.5) is 5.69 Å². The van der Waals surface area contributed by atoms with Gasteiger partial charge < -0.3 is 15.0 Å². The molecule has 1 saturated heterocycles. The number of nitrogens with one attached hydrogen (secondary N) is 1. The molecule has 1 amide bonds. The lowest BCUT2D eigenvalue weighted by Crippen LogP contribution is -2.34. The van der Waals surface area contributed by atoms with Gasteiger partial charge in [-0.05, 0) is 55.7 Å². The third-order valence-electron chi connectivity index (χ3n) is 4.34. The van der Waals surface area contributed by atoms with Crippen LogP contribution in [0.3, 0.4) is 0 Å². The number of carbonyl (C=O) groups excluding carboxylic acids is 1. The van der Waals surface area contributed by atoms with E-state index in [2.05, 4.69) is 10.2 Å². The van der Waals surface area contributed by atoms with E-state index in [0.717, 1.165) is 23.6 Å². The minimum atomic E-state index is -0.313. The number of ether oxygens (including phenoxy) is 1. The van der Waals surface area contributed by atoms with Crippen molar-refractivity contribution in [3.8, 4) is 5.75 Å². The van der Waals surface area contributed by atoms with Gasteiger partial charge in [-0.25, -0.2) is 0 Å². The lowest BCUT2D eigenvalue weighted by Gasteiger charge is -2.29. The van der Waals surface area contributed by atoms with Crippen LogP contribution in [0.15, 0.2) is 42.5 Å². The van der Waals surface area contributed by atoms with Gasteiger partial charge in [0.1, 0.15) is 10.7 Å². The number of rotatable bonds is 5. The zero-order chi connectivity index (χ0) is 19.2. The molecule has 0 aromatic heterocycles. The Labute approximate surface area is 174 Å². The Kier molecular flexibility index (Phi) is 6.94. The highest BCUT2D eigenvalue weighted by molar-refractivity contribution is 7.80. The number of benzene rings is 2. The monoisotopic (exact) mass is 422 g/mol. The number of carbonyl (C=O) groups is 1. The van der Waals surface area contributed by atoms with Crippen molar-refractivity contribution in [1.29, 1.82) is 0 Å². The molecular weight excluding hydrogens is 403 g/mol. The van der Waals surface area contributed by atoms with E-state index in [-0.39, 0.29) is 12.5 Å². The quantitative estimate of drug-likeness (QED) is 0.674. The molecule has 1 fully saturated rings. The average molecular weight is 423 g/mol. The van der Waals surface area contributed by atoms with Gasteiger partial charge in [0.15, 0.2) is 6.61 Å². The molecule has 1 aliphatic rings. The maximum Gasteiger partial charge on any atom is 0.262 e. The fourth-order valence-corrected chi connectivity index (χ4v) is 3.58. The number of anilines is 1. The van der Waals surface area contributed by atoms with Gasteiger partial charge in [-0.2, -0.15) is 0 Å². The predicted octanol–water partition coefficient (Wildman–Crippen LogP) is 5.17. The number of likely N-dealkylation sites (tertiary alicyclic amines) is 1. The standard InChI is InChI=1S/C20H20Cl2N2O2S/c21-16-5-4-6-17(19(16)22)23-18(25)13-26-15-9-7-14(8-10-15)20(27)24-11-2-1-3-12-24/h4-10H,1-3,11-13H2,(H,23,25). The van der Waals surface area contributed by atoms with E-state index in [1.807, 2.05) is 24.3 Å². The third kappa shape index (κ3) is 5.34. The van der Waals surface area contributed by atoms with Crippen molar-refractivity contribution in [3.05, 3.63) is 58.1 Å². The van der Waals surface area contributed by atoms with Gasteiger partial charge in [0.25, 0.3) is 5.91 Å². The number of amides is 1. The van der Waals surface area contributed by atoms with Crippen LogP contribution < -0.4 is 10.1 Å². The van der Waals surface area contributed by atoms with Gasteiger partial charge in [0.2, 0.25) is 0 Å². The van der Waals surface area contributed by atoms with Crippen LogP contribution in [0.2, 0.25) is 10.0 Å². The van der Waals surface area contributed by atoms with E-state index < -0.39 is 0 Å². The normalized spacial score (nSPS) is 13.9. The number of hydrogen-bond acceptors (Lipinski definition) is 3. The molecule has 3 rings (SSSR count). The summed E-state index contributed by atoms with van der Waals surface area (Å²) in [5.41, 5.74) is 1.45. The van der Waals surface area contributed by atoms with E-state index in [1.165, 1.54) is 19.3 Å². The molecule has 27 heavy (non-hydrogen) atoms. The molecule has 4 nitrogen and oxygen atoms in total. The summed E-state index contributed by atoms with van der Waals surface area (Å²) in [4.78, 5) is 15.2. The summed E-state index contributed by atoms with van der Waals surface area (Å²) in [5.74, 6) is 0.291. The van der Waals surface area contributed by atoms with Crippen LogP contribution in [0.25, 0.3) is 0 Å². The average Bonchev–Trinajstić information content (AvgIpc) is 2.70. The molecule has 0 unspecified atom stereocenters. The van der Waals surface area contributed by atoms with Crippen molar-refractivity contribution in [2.75, 3.05) is 25.0 Å². The molecule has 2 aromatic carbocycles. The van der Waals surface area contributed by atoms with Crippen molar-refractivity contribution in [2.24, 2.45) is 0 Å². The largest absolute Gasteiger partial charge is 0.484 e. The van der Waals surface area contributed by atoms with Crippen LogP contribution in [-0.2, 0) is 4.79 Å². The molecule has 2 aromatic rings. The highest BCUT2D eigenvalue weighted by atomic mass is 35.5. The number of piperidine rings is 1. The second kappa shape index (κ2) is 9.40. The SMILES string of the molecule is O=C(COc1ccc(C(=S)N2CCCCC2)cc1)Nc1cccc(Cl)c1Cl. The Balaban J connectivity index is 1.53. The van der Waals surface area contributed by atoms with Crippen molar-refractivity contribution >= 4 is 52.0 Å². The molecule has 1 N–H and O–H groups in total. The summed E-state index contributed by atoms with van der Waals surface area (Å²) in [6.07, 6.45) is 3.65. The van der Waals surface area contributed by atoms with Gasteiger partial charge in [0, 0.05) is 18.7 Å². The molecule has 0 aliphatic carbocycles. The van der Waals surface area contributed by atoms with E-state index in [9.17, 15) is 4.79 Å². The zero-order valence-electron chi connectivity index (χ0n) is 14.7. The van der Waals surface area contributed by atoms with Crippen molar-refractivity contribution in [2.45, 2.75) is 19.3 Å². The molecule has 7 heteroatoms. The zero-order valence-corrected chi connectivity index (χ0v) is 17.0. The molecule has 1 heterocycles. The lowest BCUT2D eigenvalue weighted by molar-refractivity contribution is -0.118. The summed E-state index contributed by atoms with van der Waals surface area (Å²) in [6.45, 7) is 1.91. The van der Waals surface area contributed by atoms with Crippen LogP contribution in [-0.4, -0.2) is 35.5 Å². The minimum Gasteiger partial charge on any atom is -0.484 e. The van der Waals surface area contributed by atoms with Gasteiger partial charge in [-0.3, -0.25) is 4.79 Å². The van der Waals surface area contributed by atoms with Crippen molar-refractivity contribution < 1.29 is 9.53 Å². The number of thiocarbonyl (C=S) groups is 1. The van der Waals surface area contributed by atoms with Crippen molar-refractivity contribution in [1.82, 2.24) is 4.90 Å². The van der Waals surface area contributed by atoms with E-state index >= 15 is 0 Å². The summed E-state index contributed by atoms with van der Waals surface area (Å²) in [5, 5.41) is 3.38. The Morgan fingerprint density at radius 3 is 2.48 bits per heavy atom. The first-order chi connectivity index (χ1) is 13.0. The Morgan fingerprint density at radius 1 is 1.07 bits per heavy atom. The summed E-state index contributed by atoms with van der Waals surface area (Å²) < 4.78 is 5.55. The van der Waals surface area contributed by atoms with Gasteiger partial charge >= 0.3 is 0 Å². The second-order valence-corrected chi connectivity index (χ2v) is 7.49. The highest BCUT2D eigenvalue weighted by Gasteiger charge is 2.15. The summed E-state index contributed by atoms with van der Waals surface area (Å²) in [6, 6.07) is 12.6. The molecule has 0 spiro atoms. The fourth-order valence-electron chi connectivity index (χ4n) is 2.91. The molecule has 142 valence electrons. The third-order valence-corrected chi connectivity index (χ3v) is 5.65. The first-order valence-corrected chi connectivity index (χ1v) is 9.97. The first-order valence-electron chi connectivity index (χ1n) is 8.80. The van der Waals surface area contributed by atoms with E-state index in [4.69, 9.17) is 40.2 Å². The van der Waals surface area contributed by atoms with E-state index in [1.54, 1.807) is 18.2 Å².